The first-order chi connectivity index (χ1) is 10.1. The van der Waals surface area contributed by atoms with Crippen LogP contribution < -0.4 is 4.74 Å². The number of benzene rings is 1. The van der Waals surface area contributed by atoms with Crippen molar-refractivity contribution in [2.45, 2.75) is 26.7 Å². The third-order valence-electron chi connectivity index (χ3n) is 4.06. The van der Waals surface area contributed by atoms with Crippen molar-refractivity contribution in [3.8, 4) is 5.75 Å². The normalized spacial score (nSPS) is 16.3. The van der Waals surface area contributed by atoms with Crippen LogP contribution in [-0.2, 0) is 4.79 Å². The lowest BCUT2D eigenvalue weighted by atomic mass is 10.0. The Kier molecular flexibility index (Phi) is 5.62. The average molecular weight is 290 g/mol. The molecule has 1 aromatic rings. The van der Waals surface area contributed by atoms with E-state index in [1.165, 1.54) is 5.56 Å². The SMILES string of the molecule is CCN1CCN(C(=O)COc2cccc(C(C)C)c2)CC1. The fraction of sp³-hybridized carbons (Fsp3) is 0.588. The largest absolute Gasteiger partial charge is 0.484 e. The van der Waals surface area contributed by atoms with Gasteiger partial charge in [0.05, 0.1) is 0 Å². The molecule has 1 aliphatic heterocycles. The van der Waals surface area contributed by atoms with Crippen LogP contribution in [0.15, 0.2) is 24.3 Å². The predicted molar refractivity (Wildman–Crippen MR) is 84.7 cm³/mol. The average Bonchev–Trinajstić information content (AvgIpc) is 2.53. The number of nitrogens with zero attached hydrogens (tertiary/aromatic N) is 2. The molecule has 0 unspecified atom stereocenters. The second-order valence-corrected chi connectivity index (χ2v) is 5.83. The van der Waals surface area contributed by atoms with E-state index in [0.717, 1.165) is 38.5 Å². The summed E-state index contributed by atoms with van der Waals surface area (Å²) in [4.78, 5) is 16.4. The standard InChI is InChI=1S/C17H26N2O2/c1-4-18-8-10-19(11-9-18)17(20)13-21-16-7-5-6-15(12-16)14(2)3/h5-7,12,14H,4,8-11,13H2,1-3H3. The van der Waals surface area contributed by atoms with Crippen LogP contribution in [0.2, 0.25) is 0 Å². The van der Waals surface area contributed by atoms with E-state index in [9.17, 15) is 4.79 Å². The van der Waals surface area contributed by atoms with Gasteiger partial charge in [-0.25, -0.2) is 0 Å². The highest BCUT2D eigenvalue weighted by Gasteiger charge is 2.20. The lowest BCUT2D eigenvalue weighted by Crippen LogP contribution is -2.49. The molecule has 0 bridgehead atoms. The monoisotopic (exact) mass is 290 g/mol. The molecular formula is C17H26N2O2. The number of rotatable bonds is 5. The molecular weight excluding hydrogens is 264 g/mol. The second-order valence-electron chi connectivity index (χ2n) is 5.83. The molecule has 1 fully saturated rings. The van der Waals surface area contributed by atoms with E-state index in [1.807, 2.05) is 23.1 Å². The van der Waals surface area contributed by atoms with Crippen molar-refractivity contribution in [2.75, 3.05) is 39.3 Å². The Morgan fingerprint density at radius 2 is 1.95 bits per heavy atom. The highest BCUT2D eigenvalue weighted by atomic mass is 16.5. The van der Waals surface area contributed by atoms with Crippen LogP contribution in [-0.4, -0.2) is 55.0 Å². The third-order valence-corrected chi connectivity index (χ3v) is 4.06. The quantitative estimate of drug-likeness (QED) is 0.834. The fourth-order valence-electron chi connectivity index (χ4n) is 2.51. The maximum absolute atomic E-state index is 12.2. The van der Waals surface area contributed by atoms with E-state index in [-0.39, 0.29) is 12.5 Å². The molecule has 4 heteroatoms. The van der Waals surface area contributed by atoms with Crippen LogP contribution in [0.5, 0.6) is 5.75 Å². The number of amides is 1. The Morgan fingerprint density at radius 1 is 1.24 bits per heavy atom. The highest BCUT2D eigenvalue weighted by molar-refractivity contribution is 5.77. The molecule has 0 radical (unpaired) electrons. The van der Waals surface area contributed by atoms with Gasteiger partial charge in [0, 0.05) is 26.2 Å². The number of carbonyl (C=O) groups excluding carboxylic acids is 1. The maximum Gasteiger partial charge on any atom is 0.260 e. The summed E-state index contributed by atoms with van der Waals surface area (Å²) in [7, 11) is 0. The molecule has 1 heterocycles. The lowest BCUT2D eigenvalue weighted by Gasteiger charge is -2.33. The van der Waals surface area contributed by atoms with Crippen molar-refractivity contribution >= 4 is 5.91 Å². The van der Waals surface area contributed by atoms with Crippen molar-refractivity contribution in [1.29, 1.82) is 0 Å². The van der Waals surface area contributed by atoms with Crippen molar-refractivity contribution in [1.82, 2.24) is 9.80 Å². The molecule has 1 aliphatic rings. The molecule has 0 aromatic heterocycles. The summed E-state index contributed by atoms with van der Waals surface area (Å²) in [6.07, 6.45) is 0. The van der Waals surface area contributed by atoms with E-state index in [4.69, 9.17) is 4.74 Å². The molecule has 0 N–H and O–H groups in total. The van der Waals surface area contributed by atoms with Crippen molar-refractivity contribution in [3.63, 3.8) is 0 Å². The van der Waals surface area contributed by atoms with Crippen LogP contribution in [0.3, 0.4) is 0 Å². The van der Waals surface area contributed by atoms with Crippen LogP contribution >= 0.6 is 0 Å². The van der Waals surface area contributed by atoms with Gasteiger partial charge in [-0.05, 0) is 30.2 Å². The summed E-state index contributed by atoms with van der Waals surface area (Å²) in [6.45, 7) is 11.2. The summed E-state index contributed by atoms with van der Waals surface area (Å²) in [5, 5.41) is 0. The van der Waals surface area contributed by atoms with Crippen molar-refractivity contribution in [2.24, 2.45) is 0 Å². The van der Waals surface area contributed by atoms with E-state index < -0.39 is 0 Å². The summed E-state index contributed by atoms with van der Waals surface area (Å²) in [6, 6.07) is 8.00. The Labute approximate surface area is 127 Å². The second kappa shape index (κ2) is 7.46. The molecule has 1 amide bonds. The lowest BCUT2D eigenvalue weighted by molar-refractivity contribution is -0.135. The smallest absolute Gasteiger partial charge is 0.260 e. The summed E-state index contributed by atoms with van der Waals surface area (Å²) in [5.41, 5.74) is 1.23. The number of carbonyl (C=O) groups is 1. The summed E-state index contributed by atoms with van der Waals surface area (Å²) >= 11 is 0. The first kappa shape index (κ1) is 15.8. The molecule has 2 rings (SSSR count). The van der Waals surface area contributed by atoms with Gasteiger partial charge < -0.3 is 14.5 Å². The predicted octanol–water partition coefficient (Wildman–Crippen LogP) is 2.35. The Bertz CT molecular complexity index is 466. The minimum atomic E-state index is 0.0840. The van der Waals surface area contributed by atoms with Crippen LogP contribution in [0, 0.1) is 0 Å². The van der Waals surface area contributed by atoms with Crippen LogP contribution in [0.25, 0.3) is 0 Å². The number of piperazine rings is 1. The van der Waals surface area contributed by atoms with Gasteiger partial charge >= 0.3 is 0 Å². The molecule has 0 atom stereocenters. The maximum atomic E-state index is 12.2. The van der Waals surface area contributed by atoms with E-state index >= 15 is 0 Å². The molecule has 1 aromatic carbocycles. The van der Waals surface area contributed by atoms with Crippen molar-refractivity contribution in [3.05, 3.63) is 29.8 Å². The molecule has 21 heavy (non-hydrogen) atoms. The van der Waals surface area contributed by atoms with E-state index in [1.54, 1.807) is 0 Å². The Hall–Kier alpha value is -1.55. The van der Waals surface area contributed by atoms with Gasteiger partial charge in [0.15, 0.2) is 6.61 Å². The van der Waals surface area contributed by atoms with Gasteiger partial charge in [0.2, 0.25) is 0 Å². The van der Waals surface area contributed by atoms with Crippen LogP contribution in [0.1, 0.15) is 32.3 Å². The van der Waals surface area contributed by atoms with Gasteiger partial charge in [0.1, 0.15) is 5.75 Å². The molecule has 0 spiro atoms. The summed E-state index contributed by atoms with van der Waals surface area (Å²) in [5.74, 6) is 1.33. The minimum Gasteiger partial charge on any atom is -0.484 e. The molecule has 116 valence electrons. The Balaban J connectivity index is 1.83. The number of ether oxygens (including phenoxy) is 1. The number of hydrogen-bond acceptors (Lipinski definition) is 3. The minimum absolute atomic E-state index is 0.0840. The zero-order valence-corrected chi connectivity index (χ0v) is 13.3. The first-order valence-corrected chi connectivity index (χ1v) is 7.83. The molecule has 0 saturated carbocycles. The molecule has 1 saturated heterocycles. The fourth-order valence-corrected chi connectivity index (χ4v) is 2.51. The zero-order valence-electron chi connectivity index (χ0n) is 13.3. The number of hydrogen-bond donors (Lipinski definition) is 0. The van der Waals surface area contributed by atoms with Gasteiger partial charge in [-0.3, -0.25) is 4.79 Å². The van der Waals surface area contributed by atoms with Gasteiger partial charge in [-0.1, -0.05) is 32.9 Å². The van der Waals surface area contributed by atoms with Gasteiger partial charge in [-0.15, -0.1) is 0 Å². The zero-order chi connectivity index (χ0) is 15.2. The Morgan fingerprint density at radius 3 is 2.57 bits per heavy atom. The first-order valence-electron chi connectivity index (χ1n) is 7.83. The van der Waals surface area contributed by atoms with Crippen LogP contribution in [0.4, 0.5) is 0 Å². The highest BCUT2D eigenvalue weighted by Crippen LogP contribution is 2.20. The van der Waals surface area contributed by atoms with Gasteiger partial charge in [-0.2, -0.15) is 0 Å². The molecule has 0 aliphatic carbocycles. The van der Waals surface area contributed by atoms with Gasteiger partial charge in [0.25, 0.3) is 5.91 Å². The topological polar surface area (TPSA) is 32.8 Å². The van der Waals surface area contributed by atoms with Crippen molar-refractivity contribution < 1.29 is 9.53 Å². The third kappa shape index (κ3) is 4.46. The summed E-state index contributed by atoms with van der Waals surface area (Å²) < 4.78 is 5.66. The number of likely N-dealkylation sites (N-methyl/N-ethyl adjacent to an activating group) is 1. The van der Waals surface area contributed by atoms with E-state index in [2.05, 4.69) is 31.7 Å². The van der Waals surface area contributed by atoms with E-state index in [0.29, 0.717) is 5.92 Å². The molecule has 4 nitrogen and oxygen atoms in total.